The number of hydrogen-bond donors (Lipinski definition) is 1. The minimum absolute atomic E-state index is 0.0149. The molecule has 3 rings (SSSR count). The molecule has 0 saturated carbocycles. The summed E-state index contributed by atoms with van der Waals surface area (Å²) in [5, 5.41) is 0. The molecule has 0 fully saturated rings. The maximum atomic E-state index is 12.9. The molecule has 1 amide bonds. The third kappa shape index (κ3) is 2.96. The van der Waals surface area contributed by atoms with Crippen LogP contribution in [0.2, 0.25) is 0 Å². The third-order valence-electron chi connectivity index (χ3n) is 5.01. The Morgan fingerprint density at radius 3 is 2.33 bits per heavy atom. The number of fused-ring (bicyclic) bond motifs is 1. The summed E-state index contributed by atoms with van der Waals surface area (Å²) in [6, 6.07) is 12.3. The van der Waals surface area contributed by atoms with Crippen LogP contribution in [0.15, 0.2) is 58.3 Å². The summed E-state index contributed by atoms with van der Waals surface area (Å²) in [5.74, 6) is -0.479. The second-order valence-corrected chi connectivity index (χ2v) is 9.06. The van der Waals surface area contributed by atoms with E-state index in [0.717, 1.165) is 0 Å². The largest absolute Gasteiger partial charge is 0.310 e. The van der Waals surface area contributed by atoms with Crippen LogP contribution in [-0.4, -0.2) is 26.3 Å². The molecular formula is C20H22N2O4S. The highest BCUT2D eigenvalue weighted by Gasteiger charge is 2.46. The monoisotopic (exact) mass is 386 g/mol. The van der Waals surface area contributed by atoms with Gasteiger partial charge in [0.1, 0.15) is 0 Å². The average molecular weight is 386 g/mol. The number of benzene rings is 2. The normalized spacial score (nSPS) is 18.9. The second-order valence-electron chi connectivity index (χ2n) is 7.11. The highest BCUT2D eigenvalue weighted by Crippen LogP contribution is 2.41. The molecular weight excluding hydrogens is 364 g/mol. The number of ketones is 1. The first-order valence-electron chi connectivity index (χ1n) is 8.69. The van der Waals surface area contributed by atoms with Crippen molar-refractivity contribution in [1.29, 1.82) is 0 Å². The summed E-state index contributed by atoms with van der Waals surface area (Å²) < 4.78 is 25.9. The van der Waals surface area contributed by atoms with E-state index in [0.29, 0.717) is 5.56 Å². The summed E-state index contributed by atoms with van der Waals surface area (Å²) in [6.45, 7) is 5.07. The number of carbonyl (C=O) groups is 2. The zero-order valence-corrected chi connectivity index (χ0v) is 16.3. The molecule has 6 nitrogen and oxygen atoms in total. The van der Waals surface area contributed by atoms with E-state index in [4.69, 9.17) is 5.73 Å². The quantitative estimate of drug-likeness (QED) is 0.875. The number of nitrogens with two attached hydrogens (primary N) is 1. The standard InChI is InChI=1S/C20H22N2O4S/c1-4-17(23)22-16-12-14(27(25,26)13-8-6-5-7-9-13)10-11-15(16)18(24)20(2,3)19(22)21/h5-12,19H,4,21H2,1-3H3. The van der Waals surface area contributed by atoms with Gasteiger partial charge in [0.25, 0.3) is 0 Å². The Labute approximate surface area is 158 Å². The summed E-state index contributed by atoms with van der Waals surface area (Å²) in [4.78, 5) is 26.9. The molecule has 1 atom stereocenters. The summed E-state index contributed by atoms with van der Waals surface area (Å²) in [6.07, 6.45) is -0.688. The van der Waals surface area contributed by atoms with Crippen molar-refractivity contribution in [2.24, 2.45) is 11.1 Å². The van der Waals surface area contributed by atoms with E-state index in [2.05, 4.69) is 0 Å². The van der Waals surface area contributed by atoms with Gasteiger partial charge in [-0.1, -0.05) is 25.1 Å². The SMILES string of the molecule is CCC(=O)N1c2cc(S(=O)(=O)c3ccccc3)ccc2C(=O)C(C)(C)C1N. The minimum atomic E-state index is -3.78. The molecule has 2 aromatic rings. The van der Waals surface area contributed by atoms with Crippen LogP contribution in [0.4, 0.5) is 5.69 Å². The van der Waals surface area contributed by atoms with Gasteiger partial charge in [-0.2, -0.15) is 0 Å². The van der Waals surface area contributed by atoms with Crippen molar-refractivity contribution < 1.29 is 18.0 Å². The molecule has 142 valence electrons. The Hall–Kier alpha value is -2.51. The summed E-state index contributed by atoms with van der Waals surface area (Å²) >= 11 is 0. The molecule has 27 heavy (non-hydrogen) atoms. The second kappa shape index (κ2) is 6.58. The molecule has 1 aliphatic rings. The van der Waals surface area contributed by atoms with Gasteiger partial charge in [0, 0.05) is 12.0 Å². The van der Waals surface area contributed by atoms with Gasteiger partial charge in [0.15, 0.2) is 5.78 Å². The van der Waals surface area contributed by atoms with Crippen LogP contribution >= 0.6 is 0 Å². The van der Waals surface area contributed by atoms with Gasteiger partial charge in [-0.3, -0.25) is 14.5 Å². The lowest BCUT2D eigenvalue weighted by Crippen LogP contribution is -2.60. The Balaban J connectivity index is 2.22. The van der Waals surface area contributed by atoms with E-state index in [1.807, 2.05) is 0 Å². The zero-order valence-electron chi connectivity index (χ0n) is 15.5. The molecule has 0 radical (unpaired) electrons. The number of amides is 1. The highest BCUT2D eigenvalue weighted by atomic mass is 32.2. The molecule has 1 unspecified atom stereocenters. The van der Waals surface area contributed by atoms with E-state index in [9.17, 15) is 18.0 Å². The summed E-state index contributed by atoms with van der Waals surface area (Å²) in [5.41, 5.74) is 5.82. The molecule has 1 aliphatic heterocycles. The van der Waals surface area contributed by atoms with Gasteiger partial charge < -0.3 is 5.73 Å². The van der Waals surface area contributed by atoms with E-state index in [-0.39, 0.29) is 33.6 Å². The Kier molecular flexibility index (Phi) is 4.69. The van der Waals surface area contributed by atoms with E-state index in [1.165, 1.54) is 35.2 Å². The Morgan fingerprint density at radius 2 is 1.74 bits per heavy atom. The fourth-order valence-corrected chi connectivity index (χ4v) is 4.52. The zero-order chi connectivity index (χ0) is 20.0. The number of rotatable bonds is 3. The maximum Gasteiger partial charge on any atom is 0.228 e. The van der Waals surface area contributed by atoms with Crippen LogP contribution in [-0.2, 0) is 14.6 Å². The van der Waals surface area contributed by atoms with Crippen molar-refractivity contribution in [2.45, 2.75) is 43.1 Å². The van der Waals surface area contributed by atoms with E-state index in [1.54, 1.807) is 39.0 Å². The number of carbonyl (C=O) groups excluding carboxylic acids is 2. The predicted molar refractivity (Wildman–Crippen MR) is 102 cm³/mol. The molecule has 1 heterocycles. The lowest BCUT2D eigenvalue weighted by atomic mass is 9.77. The van der Waals surface area contributed by atoms with E-state index < -0.39 is 21.4 Å². The minimum Gasteiger partial charge on any atom is -0.310 e. The highest BCUT2D eigenvalue weighted by molar-refractivity contribution is 7.91. The number of hydrogen-bond acceptors (Lipinski definition) is 5. The smallest absolute Gasteiger partial charge is 0.228 e. The van der Waals surface area contributed by atoms with Gasteiger partial charge in [-0.25, -0.2) is 8.42 Å². The van der Waals surface area contributed by atoms with Gasteiger partial charge in [-0.05, 0) is 44.2 Å². The first-order chi connectivity index (χ1) is 12.6. The molecule has 0 aromatic heterocycles. The Bertz CT molecular complexity index is 1010. The molecule has 0 aliphatic carbocycles. The first-order valence-corrected chi connectivity index (χ1v) is 10.2. The predicted octanol–water partition coefficient (Wildman–Crippen LogP) is 2.77. The molecule has 2 N–H and O–H groups in total. The van der Waals surface area contributed by atoms with Gasteiger partial charge in [0.2, 0.25) is 15.7 Å². The molecule has 2 aromatic carbocycles. The van der Waals surface area contributed by atoms with Crippen LogP contribution in [0, 0.1) is 5.41 Å². The lowest BCUT2D eigenvalue weighted by Gasteiger charge is -2.44. The van der Waals surface area contributed by atoms with Crippen molar-refractivity contribution >= 4 is 27.2 Å². The number of nitrogens with zero attached hydrogens (tertiary/aromatic N) is 1. The maximum absolute atomic E-state index is 12.9. The van der Waals surface area contributed by atoms with Crippen molar-refractivity contribution in [3.8, 4) is 0 Å². The fraction of sp³-hybridized carbons (Fsp3) is 0.300. The van der Waals surface area contributed by atoms with Crippen LogP contribution in [0.25, 0.3) is 0 Å². The van der Waals surface area contributed by atoms with Crippen LogP contribution < -0.4 is 10.6 Å². The summed E-state index contributed by atoms with van der Waals surface area (Å²) in [7, 11) is -3.78. The van der Waals surface area contributed by atoms with Gasteiger partial charge in [-0.15, -0.1) is 0 Å². The van der Waals surface area contributed by atoms with Crippen LogP contribution in [0.3, 0.4) is 0 Å². The average Bonchev–Trinajstić information content (AvgIpc) is 2.67. The molecule has 7 heteroatoms. The van der Waals surface area contributed by atoms with Crippen LogP contribution in [0.5, 0.6) is 0 Å². The van der Waals surface area contributed by atoms with Crippen molar-refractivity contribution in [2.75, 3.05) is 4.90 Å². The van der Waals surface area contributed by atoms with Crippen molar-refractivity contribution in [3.63, 3.8) is 0 Å². The number of anilines is 1. The number of Topliss-reactive ketones (excluding diaryl/α,β-unsaturated/α-hetero) is 1. The van der Waals surface area contributed by atoms with Crippen molar-refractivity contribution in [3.05, 3.63) is 54.1 Å². The fourth-order valence-electron chi connectivity index (χ4n) is 3.22. The lowest BCUT2D eigenvalue weighted by molar-refractivity contribution is -0.119. The van der Waals surface area contributed by atoms with Crippen molar-refractivity contribution in [1.82, 2.24) is 0 Å². The topological polar surface area (TPSA) is 97.5 Å². The molecule has 0 bridgehead atoms. The molecule has 0 saturated heterocycles. The van der Waals surface area contributed by atoms with Gasteiger partial charge in [0.05, 0.1) is 27.1 Å². The van der Waals surface area contributed by atoms with Crippen LogP contribution in [0.1, 0.15) is 37.6 Å². The van der Waals surface area contributed by atoms with Gasteiger partial charge >= 0.3 is 0 Å². The number of sulfone groups is 1. The van der Waals surface area contributed by atoms with E-state index >= 15 is 0 Å². The Morgan fingerprint density at radius 1 is 1.11 bits per heavy atom. The first kappa shape index (κ1) is 19.3. The third-order valence-corrected chi connectivity index (χ3v) is 6.78. The molecule has 0 spiro atoms.